The van der Waals surface area contributed by atoms with E-state index in [1.807, 2.05) is 18.2 Å². The van der Waals surface area contributed by atoms with E-state index in [9.17, 15) is 18.0 Å². The van der Waals surface area contributed by atoms with Crippen LogP contribution in [-0.4, -0.2) is 92.1 Å². The van der Waals surface area contributed by atoms with Crippen LogP contribution < -0.4 is 25.4 Å². The van der Waals surface area contributed by atoms with Crippen molar-refractivity contribution < 1.29 is 27.4 Å². The van der Waals surface area contributed by atoms with E-state index < -0.39 is 6.36 Å². The lowest BCUT2D eigenvalue weighted by Gasteiger charge is -2.34. The van der Waals surface area contributed by atoms with Gasteiger partial charge in [-0.1, -0.05) is 35.9 Å². The maximum atomic E-state index is 12.6. The molecule has 4 aromatic rings. The average molecular weight is 699 g/mol. The summed E-state index contributed by atoms with van der Waals surface area (Å²) in [6, 6.07) is 18.1. The zero-order chi connectivity index (χ0) is 34.4. The highest BCUT2D eigenvalue weighted by atomic mass is 35.5. The third-order valence-corrected chi connectivity index (χ3v) is 9.39. The lowest BCUT2D eigenvalue weighted by atomic mass is 10.0. The molecule has 1 atom stereocenters. The molecule has 1 unspecified atom stereocenters. The standard InChI is InChI=1S/C36H42ClF3N6O3/c1-48-33-5-2-4-30(37)34(33)29-24-46(15-3-12-43-35(47)31-21-41-13-14-42-31)32-11-8-26(20-28(29)32)23-45-18-16-44(17-19-45)22-25-6-9-27(10-7-25)49-36(38,39)40/h2,4-11,20,24,31,41-42H,3,12-19,21-23H2,1H3,(H,43,47). The molecule has 2 fully saturated rings. The van der Waals surface area contributed by atoms with Gasteiger partial charge in [0.1, 0.15) is 11.5 Å². The molecule has 3 aromatic carbocycles. The molecule has 0 saturated carbocycles. The molecule has 1 amide bonds. The minimum atomic E-state index is -4.69. The number of rotatable bonds is 12. The number of hydrogen-bond acceptors (Lipinski definition) is 7. The molecule has 0 spiro atoms. The van der Waals surface area contributed by atoms with Gasteiger partial charge >= 0.3 is 6.36 Å². The Balaban J connectivity index is 1.12. The lowest BCUT2D eigenvalue weighted by molar-refractivity contribution is -0.274. The first-order valence-corrected chi connectivity index (χ1v) is 17.0. The molecule has 1 aromatic heterocycles. The molecule has 2 saturated heterocycles. The van der Waals surface area contributed by atoms with Gasteiger partial charge in [0.2, 0.25) is 5.91 Å². The van der Waals surface area contributed by atoms with Gasteiger partial charge in [0.15, 0.2) is 0 Å². The maximum absolute atomic E-state index is 12.6. The molecule has 49 heavy (non-hydrogen) atoms. The molecule has 3 heterocycles. The van der Waals surface area contributed by atoms with Crippen molar-refractivity contribution >= 4 is 28.4 Å². The van der Waals surface area contributed by atoms with Gasteiger partial charge in [-0.15, -0.1) is 13.2 Å². The Labute approximate surface area is 289 Å². The fraction of sp³-hybridized carbons (Fsp3) is 0.417. The second kappa shape index (κ2) is 15.8. The van der Waals surface area contributed by atoms with Crippen molar-refractivity contribution in [2.45, 2.75) is 38.5 Å². The number of amides is 1. The Bertz CT molecular complexity index is 1720. The summed E-state index contributed by atoms with van der Waals surface area (Å²) in [5.41, 5.74) is 5.07. The third-order valence-electron chi connectivity index (χ3n) is 9.08. The normalized spacial score (nSPS) is 17.7. The first-order valence-electron chi connectivity index (χ1n) is 16.6. The Morgan fingerprint density at radius 3 is 2.37 bits per heavy atom. The summed E-state index contributed by atoms with van der Waals surface area (Å²) in [5, 5.41) is 11.3. The number of nitrogens with zero attached hydrogens (tertiary/aromatic N) is 3. The second-order valence-electron chi connectivity index (χ2n) is 12.5. The van der Waals surface area contributed by atoms with Crippen molar-refractivity contribution in [3.63, 3.8) is 0 Å². The molecule has 2 aliphatic rings. The number of piperazine rings is 2. The molecular weight excluding hydrogens is 657 g/mol. The van der Waals surface area contributed by atoms with E-state index in [4.69, 9.17) is 16.3 Å². The van der Waals surface area contributed by atoms with Crippen molar-refractivity contribution in [2.75, 3.05) is 59.5 Å². The van der Waals surface area contributed by atoms with E-state index >= 15 is 0 Å². The Hall–Kier alpha value is -3.81. The number of nitrogens with one attached hydrogen (secondary N) is 3. The van der Waals surface area contributed by atoms with Crippen molar-refractivity contribution in [2.24, 2.45) is 0 Å². The van der Waals surface area contributed by atoms with Gasteiger partial charge in [0.05, 0.1) is 18.2 Å². The van der Waals surface area contributed by atoms with Crippen molar-refractivity contribution in [3.05, 3.63) is 83.0 Å². The smallest absolute Gasteiger partial charge is 0.496 e. The predicted molar refractivity (Wildman–Crippen MR) is 185 cm³/mol. The van der Waals surface area contributed by atoms with Crippen LogP contribution in [0.5, 0.6) is 11.5 Å². The Kier molecular flexibility index (Phi) is 11.3. The number of aryl methyl sites for hydroxylation is 1. The lowest BCUT2D eigenvalue weighted by Crippen LogP contribution is -2.55. The minimum Gasteiger partial charge on any atom is -0.496 e. The van der Waals surface area contributed by atoms with Gasteiger partial charge in [-0.2, -0.15) is 0 Å². The number of carbonyl (C=O) groups excluding carboxylic acids is 1. The molecule has 0 bridgehead atoms. The molecular formula is C36H42ClF3N6O3. The van der Waals surface area contributed by atoms with Crippen LogP contribution in [-0.2, 0) is 24.4 Å². The quantitative estimate of drug-likeness (QED) is 0.174. The highest BCUT2D eigenvalue weighted by molar-refractivity contribution is 6.34. The first-order chi connectivity index (χ1) is 23.7. The molecule has 0 radical (unpaired) electrons. The van der Waals surface area contributed by atoms with Crippen LogP contribution in [0.1, 0.15) is 17.5 Å². The van der Waals surface area contributed by atoms with Crippen LogP contribution in [0.15, 0.2) is 66.9 Å². The molecule has 6 rings (SSSR count). The van der Waals surface area contributed by atoms with Gasteiger partial charge in [-0.05, 0) is 53.9 Å². The topological polar surface area (TPSA) is 83.0 Å². The number of benzene rings is 3. The van der Waals surface area contributed by atoms with E-state index in [0.29, 0.717) is 30.4 Å². The zero-order valence-corrected chi connectivity index (χ0v) is 28.2. The van der Waals surface area contributed by atoms with E-state index in [-0.39, 0.29) is 17.7 Å². The van der Waals surface area contributed by atoms with Crippen LogP contribution in [0.2, 0.25) is 5.02 Å². The van der Waals surface area contributed by atoms with Gasteiger partial charge in [0.25, 0.3) is 0 Å². The van der Waals surface area contributed by atoms with Gasteiger partial charge < -0.3 is 30.0 Å². The first kappa shape index (κ1) is 35.0. The predicted octanol–water partition coefficient (Wildman–Crippen LogP) is 5.25. The van der Waals surface area contributed by atoms with E-state index in [0.717, 1.165) is 86.4 Å². The van der Waals surface area contributed by atoms with Gasteiger partial charge in [0, 0.05) is 100 Å². The molecule has 262 valence electrons. The largest absolute Gasteiger partial charge is 0.573 e. The number of carbonyl (C=O) groups is 1. The summed E-state index contributed by atoms with van der Waals surface area (Å²) >= 11 is 6.78. The number of hydrogen-bond donors (Lipinski definition) is 3. The SMILES string of the molecule is COc1cccc(Cl)c1-c1cn(CCCNC(=O)C2CNCCN2)c2ccc(CN3CCN(Cc4ccc(OC(F)(F)F)cc4)CC3)cc12. The van der Waals surface area contributed by atoms with Crippen LogP contribution in [0, 0.1) is 0 Å². The van der Waals surface area contributed by atoms with Crippen molar-refractivity contribution in [3.8, 4) is 22.6 Å². The summed E-state index contributed by atoms with van der Waals surface area (Å²) in [4.78, 5) is 17.3. The number of alkyl halides is 3. The number of aromatic nitrogens is 1. The Morgan fingerprint density at radius 2 is 1.69 bits per heavy atom. The van der Waals surface area contributed by atoms with E-state index in [2.05, 4.69) is 59.5 Å². The summed E-state index contributed by atoms with van der Waals surface area (Å²) in [6.45, 7) is 8.49. The summed E-state index contributed by atoms with van der Waals surface area (Å²) in [5.74, 6) is 0.514. The number of halogens is 4. The Morgan fingerprint density at radius 1 is 0.980 bits per heavy atom. The monoisotopic (exact) mass is 698 g/mol. The van der Waals surface area contributed by atoms with Gasteiger partial charge in [-0.3, -0.25) is 14.6 Å². The highest BCUT2D eigenvalue weighted by Crippen LogP contribution is 2.41. The number of methoxy groups -OCH3 is 1. The second-order valence-corrected chi connectivity index (χ2v) is 12.9. The summed E-state index contributed by atoms with van der Waals surface area (Å²) < 4.78 is 49.4. The summed E-state index contributed by atoms with van der Waals surface area (Å²) in [6.07, 6.45) is -1.79. The molecule has 2 aliphatic heterocycles. The molecule has 0 aliphatic carbocycles. The molecule has 13 heteroatoms. The van der Waals surface area contributed by atoms with Crippen LogP contribution in [0.25, 0.3) is 22.0 Å². The zero-order valence-electron chi connectivity index (χ0n) is 27.5. The summed E-state index contributed by atoms with van der Waals surface area (Å²) in [7, 11) is 1.65. The average Bonchev–Trinajstić information content (AvgIpc) is 3.45. The van der Waals surface area contributed by atoms with Gasteiger partial charge in [-0.25, -0.2) is 0 Å². The van der Waals surface area contributed by atoms with Crippen LogP contribution in [0.4, 0.5) is 13.2 Å². The van der Waals surface area contributed by atoms with Crippen molar-refractivity contribution in [1.29, 1.82) is 0 Å². The van der Waals surface area contributed by atoms with Crippen molar-refractivity contribution in [1.82, 2.24) is 30.3 Å². The highest BCUT2D eigenvalue weighted by Gasteiger charge is 2.31. The van der Waals surface area contributed by atoms with Crippen LogP contribution in [0.3, 0.4) is 0 Å². The van der Waals surface area contributed by atoms with E-state index in [1.165, 1.54) is 17.7 Å². The fourth-order valence-corrected chi connectivity index (χ4v) is 6.87. The van der Waals surface area contributed by atoms with E-state index in [1.54, 1.807) is 19.2 Å². The maximum Gasteiger partial charge on any atom is 0.573 e. The fourth-order valence-electron chi connectivity index (χ4n) is 6.60. The number of ether oxygens (including phenoxy) is 2. The number of fused-ring (bicyclic) bond motifs is 1. The molecule has 9 nitrogen and oxygen atoms in total. The third kappa shape index (κ3) is 9.06. The minimum absolute atomic E-state index is 0.0187. The van der Waals surface area contributed by atoms with Crippen LogP contribution >= 0.6 is 11.6 Å². The molecule has 3 N–H and O–H groups in total.